The number of nitrogen functional groups attached to an aromatic ring is 1. The summed E-state index contributed by atoms with van der Waals surface area (Å²) in [6.45, 7) is 4.63. The number of thiazole rings is 1. The van der Waals surface area contributed by atoms with Crippen LogP contribution in [0.4, 0.5) is 5.13 Å². The first-order valence-corrected chi connectivity index (χ1v) is 6.12. The fourth-order valence-corrected chi connectivity index (χ4v) is 2.19. The summed E-state index contributed by atoms with van der Waals surface area (Å²) in [5.41, 5.74) is 4.90. The minimum absolute atomic E-state index is 0.517. The van der Waals surface area contributed by atoms with Crippen LogP contribution in [0.2, 0.25) is 0 Å². The SMILES string of the molecule is Cc1ccc(OCc2cnc(NN)s2)c(C)c1. The monoisotopic (exact) mass is 249 g/mol. The maximum absolute atomic E-state index is 5.74. The van der Waals surface area contributed by atoms with E-state index >= 15 is 0 Å². The Hall–Kier alpha value is -1.59. The van der Waals surface area contributed by atoms with Gasteiger partial charge < -0.3 is 4.74 Å². The van der Waals surface area contributed by atoms with Crippen molar-refractivity contribution in [2.75, 3.05) is 5.43 Å². The third kappa shape index (κ3) is 2.95. The largest absolute Gasteiger partial charge is 0.488 e. The van der Waals surface area contributed by atoms with Crippen LogP contribution in [0.15, 0.2) is 24.4 Å². The maximum atomic E-state index is 5.74. The highest BCUT2D eigenvalue weighted by Crippen LogP contribution is 2.22. The van der Waals surface area contributed by atoms with Crippen molar-refractivity contribution in [3.8, 4) is 5.75 Å². The molecule has 0 aliphatic heterocycles. The Bertz CT molecular complexity index is 510. The molecule has 17 heavy (non-hydrogen) atoms. The molecule has 0 radical (unpaired) electrons. The van der Waals surface area contributed by atoms with E-state index < -0.39 is 0 Å². The molecule has 2 rings (SSSR count). The minimum Gasteiger partial charge on any atom is -0.488 e. The van der Waals surface area contributed by atoms with Crippen LogP contribution in [-0.4, -0.2) is 4.98 Å². The van der Waals surface area contributed by atoms with Gasteiger partial charge in [0.1, 0.15) is 12.4 Å². The summed E-state index contributed by atoms with van der Waals surface area (Å²) in [4.78, 5) is 5.13. The Kier molecular flexibility index (Phi) is 3.61. The topological polar surface area (TPSA) is 60.2 Å². The molecule has 90 valence electrons. The molecule has 2 aromatic rings. The van der Waals surface area contributed by atoms with E-state index in [1.165, 1.54) is 16.9 Å². The van der Waals surface area contributed by atoms with E-state index in [0.29, 0.717) is 11.7 Å². The number of hydrogen-bond donors (Lipinski definition) is 2. The lowest BCUT2D eigenvalue weighted by molar-refractivity contribution is 0.307. The normalized spacial score (nSPS) is 10.3. The van der Waals surface area contributed by atoms with Gasteiger partial charge in [-0.2, -0.15) is 0 Å². The third-order valence-corrected chi connectivity index (χ3v) is 3.28. The lowest BCUT2D eigenvalue weighted by atomic mass is 10.1. The quantitative estimate of drug-likeness (QED) is 0.646. The Labute approximate surface area is 104 Å². The molecule has 1 aromatic carbocycles. The molecule has 0 atom stereocenters. The van der Waals surface area contributed by atoms with Gasteiger partial charge in [0.25, 0.3) is 0 Å². The van der Waals surface area contributed by atoms with Gasteiger partial charge in [-0.05, 0) is 25.5 Å². The standard InChI is InChI=1S/C12H15N3OS/c1-8-3-4-11(9(2)5-8)16-7-10-6-14-12(15-13)17-10/h3-6H,7,13H2,1-2H3,(H,14,15). The molecule has 1 heterocycles. The van der Waals surface area contributed by atoms with E-state index in [9.17, 15) is 0 Å². The number of hydrazine groups is 1. The maximum Gasteiger partial charge on any atom is 0.197 e. The van der Waals surface area contributed by atoms with Crippen molar-refractivity contribution in [1.29, 1.82) is 0 Å². The first-order valence-electron chi connectivity index (χ1n) is 5.30. The summed E-state index contributed by atoms with van der Waals surface area (Å²) < 4.78 is 5.74. The number of ether oxygens (including phenoxy) is 1. The van der Waals surface area contributed by atoms with Gasteiger partial charge in [0, 0.05) is 6.20 Å². The number of nitrogens with one attached hydrogen (secondary N) is 1. The fraction of sp³-hybridized carbons (Fsp3) is 0.250. The predicted molar refractivity (Wildman–Crippen MR) is 70.2 cm³/mol. The summed E-state index contributed by atoms with van der Waals surface area (Å²) in [6.07, 6.45) is 1.77. The van der Waals surface area contributed by atoms with Crippen LogP contribution in [0.3, 0.4) is 0 Å². The predicted octanol–water partition coefficient (Wildman–Crippen LogP) is 2.62. The number of aromatic nitrogens is 1. The van der Waals surface area contributed by atoms with Gasteiger partial charge in [-0.25, -0.2) is 10.8 Å². The minimum atomic E-state index is 0.517. The second kappa shape index (κ2) is 5.16. The molecule has 3 N–H and O–H groups in total. The van der Waals surface area contributed by atoms with Crippen LogP contribution in [-0.2, 0) is 6.61 Å². The van der Waals surface area contributed by atoms with E-state index in [-0.39, 0.29) is 0 Å². The number of nitrogens with zero attached hydrogens (tertiary/aromatic N) is 1. The van der Waals surface area contributed by atoms with Crippen LogP contribution in [0, 0.1) is 13.8 Å². The van der Waals surface area contributed by atoms with Crippen LogP contribution in [0.25, 0.3) is 0 Å². The average Bonchev–Trinajstić information content (AvgIpc) is 2.76. The number of anilines is 1. The molecule has 5 heteroatoms. The number of benzene rings is 1. The van der Waals surface area contributed by atoms with Crippen LogP contribution >= 0.6 is 11.3 Å². The first kappa shape index (κ1) is 11.9. The molecule has 0 aliphatic carbocycles. The van der Waals surface area contributed by atoms with Gasteiger partial charge in [0.15, 0.2) is 5.13 Å². The fourth-order valence-electron chi connectivity index (χ4n) is 1.55. The van der Waals surface area contributed by atoms with Crippen LogP contribution in [0.5, 0.6) is 5.75 Å². The molecular formula is C12H15N3OS. The van der Waals surface area contributed by atoms with Crippen molar-refractivity contribution in [1.82, 2.24) is 4.98 Å². The van der Waals surface area contributed by atoms with Gasteiger partial charge in [-0.15, -0.1) is 0 Å². The highest BCUT2D eigenvalue weighted by Gasteiger charge is 2.03. The van der Waals surface area contributed by atoms with E-state index in [1.807, 2.05) is 19.1 Å². The summed E-state index contributed by atoms with van der Waals surface area (Å²) in [7, 11) is 0. The summed E-state index contributed by atoms with van der Waals surface area (Å²) in [6, 6.07) is 6.14. The third-order valence-electron chi connectivity index (χ3n) is 2.38. The number of rotatable bonds is 4. The zero-order valence-corrected chi connectivity index (χ0v) is 10.7. The molecule has 0 spiro atoms. The zero-order chi connectivity index (χ0) is 12.3. The second-order valence-electron chi connectivity index (χ2n) is 3.83. The van der Waals surface area contributed by atoms with E-state index in [2.05, 4.69) is 23.4 Å². The molecule has 1 aromatic heterocycles. The zero-order valence-electron chi connectivity index (χ0n) is 9.86. The Morgan fingerprint density at radius 3 is 2.88 bits per heavy atom. The van der Waals surface area contributed by atoms with E-state index in [1.54, 1.807) is 6.20 Å². The lowest BCUT2D eigenvalue weighted by Gasteiger charge is -2.08. The van der Waals surface area contributed by atoms with Crippen molar-refractivity contribution < 1.29 is 4.74 Å². The van der Waals surface area contributed by atoms with Gasteiger partial charge in [-0.1, -0.05) is 29.0 Å². The molecule has 4 nitrogen and oxygen atoms in total. The average molecular weight is 249 g/mol. The van der Waals surface area contributed by atoms with Crippen molar-refractivity contribution in [2.24, 2.45) is 5.84 Å². The van der Waals surface area contributed by atoms with Crippen LogP contribution in [0.1, 0.15) is 16.0 Å². The Morgan fingerprint density at radius 2 is 2.24 bits per heavy atom. The van der Waals surface area contributed by atoms with Gasteiger partial charge in [-0.3, -0.25) is 5.43 Å². The van der Waals surface area contributed by atoms with Crippen molar-refractivity contribution in [3.05, 3.63) is 40.4 Å². The first-order chi connectivity index (χ1) is 8.19. The van der Waals surface area contributed by atoms with E-state index in [4.69, 9.17) is 10.6 Å². The molecule has 0 amide bonds. The molecular weight excluding hydrogens is 234 g/mol. The van der Waals surface area contributed by atoms with E-state index in [0.717, 1.165) is 16.2 Å². The molecule has 0 saturated heterocycles. The molecule has 0 saturated carbocycles. The Balaban J connectivity index is 2.02. The summed E-state index contributed by atoms with van der Waals surface area (Å²) in [5, 5.41) is 0.698. The highest BCUT2D eigenvalue weighted by molar-refractivity contribution is 7.15. The highest BCUT2D eigenvalue weighted by atomic mass is 32.1. The van der Waals surface area contributed by atoms with Crippen molar-refractivity contribution in [2.45, 2.75) is 20.5 Å². The summed E-state index contributed by atoms with van der Waals surface area (Å²) in [5.74, 6) is 6.18. The molecule has 0 unspecified atom stereocenters. The van der Waals surface area contributed by atoms with Crippen molar-refractivity contribution in [3.63, 3.8) is 0 Å². The van der Waals surface area contributed by atoms with Gasteiger partial charge >= 0.3 is 0 Å². The van der Waals surface area contributed by atoms with Crippen molar-refractivity contribution >= 4 is 16.5 Å². The number of hydrogen-bond acceptors (Lipinski definition) is 5. The van der Waals surface area contributed by atoms with Gasteiger partial charge in [0.2, 0.25) is 0 Å². The Morgan fingerprint density at radius 1 is 1.41 bits per heavy atom. The second-order valence-corrected chi connectivity index (χ2v) is 4.95. The number of nitrogens with two attached hydrogens (primary N) is 1. The smallest absolute Gasteiger partial charge is 0.197 e. The molecule has 0 bridgehead atoms. The number of aryl methyl sites for hydroxylation is 2. The molecule has 0 aliphatic rings. The lowest BCUT2D eigenvalue weighted by Crippen LogP contribution is -2.05. The molecule has 0 fully saturated rings. The van der Waals surface area contributed by atoms with Gasteiger partial charge in [0.05, 0.1) is 4.88 Å². The summed E-state index contributed by atoms with van der Waals surface area (Å²) >= 11 is 1.49. The van der Waals surface area contributed by atoms with Crippen LogP contribution < -0.4 is 16.0 Å².